The van der Waals surface area contributed by atoms with E-state index in [-0.39, 0.29) is 11.4 Å². The Hall–Kier alpha value is -0.860. The molecule has 0 radical (unpaired) electrons. The molecule has 1 unspecified atom stereocenters. The van der Waals surface area contributed by atoms with Crippen molar-refractivity contribution in [1.82, 2.24) is 9.78 Å². The standard InChI is InChI=1S/C12H21FN2/c1-6-8-12(5,7-2)15-10(4)11(13)9(3)14-15/h6-8H2,1-5H3. The van der Waals surface area contributed by atoms with Gasteiger partial charge in [0.25, 0.3) is 0 Å². The van der Waals surface area contributed by atoms with Gasteiger partial charge in [-0.05, 0) is 33.6 Å². The first kappa shape index (κ1) is 12.2. The number of hydrogen-bond donors (Lipinski definition) is 0. The summed E-state index contributed by atoms with van der Waals surface area (Å²) >= 11 is 0. The highest BCUT2D eigenvalue weighted by atomic mass is 19.1. The van der Waals surface area contributed by atoms with Crippen LogP contribution in [0.25, 0.3) is 0 Å². The van der Waals surface area contributed by atoms with Crippen LogP contribution in [-0.2, 0) is 5.54 Å². The van der Waals surface area contributed by atoms with E-state index in [0.717, 1.165) is 19.3 Å². The summed E-state index contributed by atoms with van der Waals surface area (Å²) in [6, 6.07) is 0. The number of aryl methyl sites for hydroxylation is 1. The summed E-state index contributed by atoms with van der Waals surface area (Å²) in [5.41, 5.74) is 1.11. The molecule has 15 heavy (non-hydrogen) atoms. The predicted octanol–water partition coefficient (Wildman–Crippen LogP) is 3.56. The molecule has 3 heteroatoms. The summed E-state index contributed by atoms with van der Waals surface area (Å²) in [5.74, 6) is -0.161. The molecule has 0 N–H and O–H groups in total. The van der Waals surface area contributed by atoms with Crippen molar-refractivity contribution in [2.45, 2.75) is 59.4 Å². The molecule has 0 spiro atoms. The third-order valence-electron chi connectivity index (χ3n) is 3.26. The van der Waals surface area contributed by atoms with Gasteiger partial charge in [-0.3, -0.25) is 4.68 Å². The van der Waals surface area contributed by atoms with E-state index in [2.05, 4.69) is 25.9 Å². The lowest BCUT2D eigenvalue weighted by Gasteiger charge is -2.29. The van der Waals surface area contributed by atoms with Gasteiger partial charge in [-0.2, -0.15) is 5.10 Å². The molecule has 0 aliphatic heterocycles. The van der Waals surface area contributed by atoms with Gasteiger partial charge in [-0.15, -0.1) is 0 Å². The minimum atomic E-state index is -0.161. The Balaban J connectivity index is 3.17. The first-order valence-electron chi connectivity index (χ1n) is 5.68. The average molecular weight is 212 g/mol. The molecule has 0 aliphatic carbocycles. The Morgan fingerprint density at radius 2 is 1.93 bits per heavy atom. The van der Waals surface area contributed by atoms with E-state index in [1.54, 1.807) is 13.8 Å². The van der Waals surface area contributed by atoms with Gasteiger partial charge in [0.15, 0.2) is 5.82 Å². The van der Waals surface area contributed by atoms with Gasteiger partial charge in [0, 0.05) is 0 Å². The molecule has 0 bridgehead atoms. The lowest BCUT2D eigenvalue weighted by Crippen LogP contribution is -2.31. The van der Waals surface area contributed by atoms with Crippen LogP contribution in [0.15, 0.2) is 0 Å². The van der Waals surface area contributed by atoms with Crippen molar-refractivity contribution >= 4 is 0 Å². The van der Waals surface area contributed by atoms with Gasteiger partial charge in [-0.1, -0.05) is 20.3 Å². The highest BCUT2D eigenvalue weighted by Crippen LogP contribution is 2.28. The van der Waals surface area contributed by atoms with E-state index in [1.165, 1.54) is 0 Å². The lowest BCUT2D eigenvalue weighted by molar-refractivity contribution is 0.244. The summed E-state index contributed by atoms with van der Waals surface area (Å²) in [7, 11) is 0. The van der Waals surface area contributed by atoms with E-state index >= 15 is 0 Å². The van der Waals surface area contributed by atoms with Gasteiger partial charge in [-0.25, -0.2) is 4.39 Å². The van der Waals surface area contributed by atoms with Gasteiger partial charge < -0.3 is 0 Å². The molecule has 0 saturated heterocycles. The van der Waals surface area contributed by atoms with Crippen LogP contribution in [0.5, 0.6) is 0 Å². The van der Waals surface area contributed by atoms with Crippen molar-refractivity contribution in [3.63, 3.8) is 0 Å². The highest BCUT2D eigenvalue weighted by molar-refractivity contribution is 5.12. The SMILES string of the molecule is CCCC(C)(CC)n1nc(C)c(F)c1C. The van der Waals surface area contributed by atoms with E-state index < -0.39 is 0 Å². The van der Waals surface area contributed by atoms with E-state index in [1.807, 2.05) is 4.68 Å². The van der Waals surface area contributed by atoms with Crippen molar-refractivity contribution in [3.8, 4) is 0 Å². The first-order valence-corrected chi connectivity index (χ1v) is 5.68. The molecule has 0 aliphatic rings. The summed E-state index contributed by atoms with van der Waals surface area (Å²) in [4.78, 5) is 0. The molecule has 0 amide bonds. The third kappa shape index (κ3) is 2.06. The van der Waals surface area contributed by atoms with Crippen LogP contribution in [0.2, 0.25) is 0 Å². The molecule has 1 atom stereocenters. The molecule has 1 rings (SSSR count). The molecule has 0 fully saturated rings. The number of hydrogen-bond acceptors (Lipinski definition) is 1. The van der Waals surface area contributed by atoms with Crippen molar-refractivity contribution in [2.24, 2.45) is 0 Å². The second kappa shape index (κ2) is 4.33. The molecular formula is C12H21FN2. The molecule has 1 heterocycles. The Morgan fingerprint density at radius 3 is 2.27 bits per heavy atom. The largest absolute Gasteiger partial charge is 0.261 e. The zero-order valence-corrected chi connectivity index (χ0v) is 10.4. The highest BCUT2D eigenvalue weighted by Gasteiger charge is 2.27. The van der Waals surface area contributed by atoms with E-state index in [9.17, 15) is 4.39 Å². The Morgan fingerprint density at radius 1 is 1.33 bits per heavy atom. The molecular weight excluding hydrogens is 191 g/mol. The summed E-state index contributed by atoms with van der Waals surface area (Å²) in [6.45, 7) is 9.95. The zero-order chi connectivity index (χ0) is 11.6. The Labute approximate surface area is 91.5 Å². The van der Waals surface area contributed by atoms with Crippen molar-refractivity contribution in [2.75, 3.05) is 0 Å². The van der Waals surface area contributed by atoms with Gasteiger partial charge in [0.2, 0.25) is 0 Å². The van der Waals surface area contributed by atoms with Crippen LogP contribution in [0.1, 0.15) is 51.4 Å². The number of rotatable bonds is 4. The number of halogens is 1. The second-order valence-electron chi connectivity index (χ2n) is 4.50. The van der Waals surface area contributed by atoms with Crippen molar-refractivity contribution < 1.29 is 4.39 Å². The second-order valence-corrected chi connectivity index (χ2v) is 4.50. The first-order chi connectivity index (χ1) is 6.96. The minimum Gasteiger partial charge on any atom is -0.261 e. The third-order valence-corrected chi connectivity index (χ3v) is 3.26. The van der Waals surface area contributed by atoms with Gasteiger partial charge in [0.1, 0.15) is 0 Å². The Kier molecular flexibility index (Phi) is 3.53. The average Bonchev–Trinajstić information content (AvgIpc) is 2.47. The van der Waals surface area contributed by atoms with Gasteiger partial charge in [0.05, 0.1) is 16.9 Å². The fourth-order valence-corrected chi connectivity index (χ4v) is 2.12. The topological polar surface area (TPSA) is 17.8 Å². The zero-order valence-electron chi connectivity index (χ0n) is 10.4. The van der Waals surface area contributed by atoms with Crippen LogP contribution >= 0.6 is 0 Å². The molecule has 1 aromatic rings. The normalized spacial score (nSPS) is 15.3. The van der Waals surface area contributed by atoms with Crippen molar-refractivity contribution in [1.29, 1.82) is 0 Å². The van der Waals surface area contributed by atoms with Crippen LogP contribution in [0, 0.1) is 19.7 Å². The molecule has 86 valence electrons. The minimum absolute atomic E-state index is 0.0477. The van der Waals surface area contributed by atoms with E-state index in [0.29, 0.717) is 11.4 Å². The number of nitrogens with zero attached hydrogens (tertiary/aromatic N) is 2. The number of aromatic nitrogens is 2. The van der Waals surface area contributed by atoms with Crippen LogP contribution in [0.3, 0.4) is 0 Å². The summed E-state index contributed by atoms with van der Waals surface area (Å²) in [5, 5.41) is 4.31. The quantitative estimate of drug-likeness (QED) is 0.746. The molecule has 0 aromatic carbocycles. The monoisotopic (exact) mass is 212 g/mol. The predicted molar refractivity (Wildman–Crippen MR) is 60.5 cm³/mol. The molecule has 2 nitrogen and oxygen atoms in total. The smallest absolute Gasteiger partial charge is 0.166 e. The summed E-state index contributed by atoms with van der Waals surface area (Å²) in [6.07, 6.45) is 3.09. The van der Waals surface area contributed by atoms with Crippen LogP contribution in [-0.4, -0.2) is 9.78 Å². The molecule has 1 aromatic heterocycles. The lowest BCUT2D eigenvalue weighted by atomic mass is 9.93. The maximum Gasteiger partial charge on any atom is 0.166 e. The maximum atomic E-state index is 13.6. The van der Waals surface area contributed by atoms with Crippen LogP contribution in [0.4, 0.5) is 4.39 Å². The fraction of sp³-hybridized carbons (Fsp3) is 0.750. The molecule has 0 saturated carbocycles. The maximum absolute atomic E-state index is 13.6. The van der Waals surface area contributed by atoms with E-state index in [4.69, 9.17) is 0 Å². The Bertz CT molecular complexity index is 344. The summed E-state index contributed by atoms with van der Waals surface area (Å²) < 4.78 is 15.4. The van der Waals surface area contributed by atoms with Crippen molar-refractivity contribution in [3.05, 3.63) is 17.2 Å². The fourth-order valence-electron chi connectivity index (χ4n) is 2.12. The van der Waals surface area contributed by atoms with Gasteiger partial charge >= 0.3 is 0 Å². The van der Waals surface area contributed by atoms with Crippen LogP contribution < -0.4 is 0 Å².